The first-order valence-corrected chi connectivity index (χ1v) is 4.98. The Kier molecular flexibility index (Phi) is 4.96. The molecule has 0 aliphatic carbocycles. The number of aliphatic carboxylic acids is 1. The van der Waals surface area contributed by atoms with Crippen LogP contribution in [0.25, 0.3) is 0 Å². The molecule has 17 heavy (non-hydrogen) atoms. The van der Waals surface area contributed by atoms with E-state index in [-0.39, 0.29) is 6.42 Å². The zero-order valence-corrected chi connectivity index (χ0v) is 8.87. The van der Waals surface area contributed by atoms with Crippen LogP contribution in [0.2, 0.25) is 0 Å². The summed E-state index contributed by atoms with van der Waals surface area (Å²) in [5.74, 6) is -1.67. The van der Waals surface area contributed by atoms with Crippen molar-refractivity contribution in [3.8, 4) is 0 Å². The highest BCUT2D eigenvalue weighted by atomic mass is 19.3. The van der Waals surface area contributed by atoms with Crippen LogP contribution in [0.5, 0.6) is 0 Å². The summed E-state index contributed by atoms with van der Waals surface area (Å²) in [6.07, 6.45) is -2.96. The second-order valence-electron chi connectivity index (χ2n) is 3.50. The minimum atomic E-state index is -2.58. The third-order valence-electron chi connectivity index (χ3n) is 2.15. The molecule has 6 heteroatoms. The number of halogens is 3. The molecule has 2 N–H and O–H groups in total. The molecule has 0 aromatic heterocycles. The molecule has 3 nitrogen and oxygen atoms in total. The van der Waals surface area contributed by atoms with E-state index in [1.807, 2.05) is 0 Å². The lowest BCUT2D eigenvalue weighted by atomic mass is 10.0. The normalized spacial score (nSPS) is 12.7. The summed E-state index contributed by atoms with van der Waals surface area (Å²) >= 11 is 0. The molecule has 0 fully saturated rings. The number of alkyl halides is 2. The Bertz CT molecular complexity index is 385. The van der Waals surface area contributed by atoms with Crippen LogP contribution in [0.1, 0.15) is 18.0 Å². The van der Waals surface area contributed by atoms with E-state index >= 15 is 0 Å². The molecule has 0 aliphatic heterocycles. The minimum Gasteiger partial charge on any atom is -0.481 e. The minimum absolute atomic E-state index is 0.341. The fourth-order valence-corrected chi connectivity index (χ4v) is 1.44. The largest absolute Gasteiger partial charge is 0.481 e. The van der Waals surface area contributed by atoms with Gasteiger partial charge in [-0.2, -0.15) is 0 Å². The van der Waals surface area contributed by atoms with Crippen LogP contribution in [0.3, 0.4) is 0 Å². The summed E-state index contributed by atoms with van der Waals surface area (Å²) in [6, 6.07) is 4.41. The predicted octanol–water partition coefficient (Wildman–Crippen LogP) is 2.20. The predicted molar refractivity (Wildman–Crippen MR) is 55.4 cm³/mol. The van der Waals surface area contributed by atoms with Crippen molar-refractivity contribution in [3.05, 3.63) is 35.6 Å². The Hall–Kier alpha value is -1.56. The highest BCUT2D eigenvalue weighted by molar-refractivity contribution is 5.67. The van der Waals surface area contributed by atoms with Gasteiger partial charge in [0.05, 0.1) is 13.0 Å². The van der Waals surface area contributed by atoms with Gasteiger partial charge in [-0.25, -0.2) is 13.2 Å². The summed E-state index contributed by atoms with van der Waals surface area (Å²) in [5, 5.41) is 11.1. The molecule has 1 atom stereocenters. The second-order valence-corrected chi connectivity index (χ2v) is 3.50. The number of hydrogen-bond acceptors (Lipinski definition) is 2. The average Bonchev–Trinajstić information content (AvgIpc) is 2.23. The molecule has 1 unspecified atom stereocenters. The summed E-state index contributed by atoms with van der Waals surface area (Å²) < 4.78 is 37.0. The Morgan fingerprint density at radius 3 is 2.65 bits per heavy atom. The molecule has 1 aromatic rings. The van der Waals surface area contributed by atoms with Crippen molar-refractivity contribution in [1.29, 1.82) is 0 Å². The van der Waals surface area contributed by atoms with E-state index in [1.165, 1.54) is 18.2 Å². The highest BCUT2D eigenvalue weighted by Crippen LogP contribution is 2.18. The van der Waals surface area contributed by atoms with Crippen LogP contribution < -0.4 is 5.32 Å². The highest BCUT2D eigenvalue weighted by Gasteiger charge is 2.17. The summed E-state index contributed by atoms with van der Waals surface area (Å²) in [4.78, 5) is 10.6. The molecule has 0 aliphatic rings. The van der Waals surface area contributed by atoms with E-state index in [2.05, 4.69) is 5.32 Å². The second kappa shape index (κ2) is 6.24. The monoisotopic (exact) mass is 247 g/mol. The van der Waals surface area contributed by atoms with Gasteiger partial charge in [-0.1, -0.05) is 12.1 Å². The van der Waals surface area contributed by atoms with Gasteiger partial charge in [0, 0.05) is 6.04 Å². The van der Waals surface area contributed by atoms with E-state index < -0.39 is 30.8 Å². The van der Waals surface area contributed by atoms with Crippen LogP contribution in [0, 0.1) is 5.82 Å². The first-order chi connectivity index (χ1) is 7.99. The SMILES string of the molecule is O=C(O)CC(NCC(F)F)c1cccc(F)c1. The average molecular weight is 247 g/mol. The fourth-order valence-electron chi connectivity index (χ4n) is 1.44. The molecule has 1 rings (SSSR count). The number of benzene rings is 1. The van der Waals surface area contributed by atoms with Crippen molar-refractivity contribution in [1.82, 2.24) is 5.32 Å². The number of carbonyl (C=O) groups is 1. The number of carboxylic acids is 1. The topological polar surface area (TPSA) is 49.3 Å². The summed E-state index contributed by atoms with van der Waals surface area (Å²) in [6.45, 7) is -0.630. The van der Waals surface area contributed by atoms with Gasteiger partial charge in [0.1, 0.15) is 5.82 Å². The number of rotatable bonds is 6. The van der Waals surface area contributed by atoms with Crippen LogP contribution >= 0.6 is 0 Å². The molecule has 1 aromatic carbocycles. The van der Waals surface area contributed by atoms with E-state index in [4.69, 9.17) is 5.11 Å². The van der Waals surface area contributed by atoms with E-state index in [0.717, 1.165) is 6.07 Å². The lowest BCUT2D eigenvalue weighted by molar-refractivity contribution is -0.137. The third kappa shape index (κ3) is 4.86. The summed E-state index contributed by atoms with van der Waals surface area (Å²) in [7, 11) is 0. The van der Waals surface area contributed by atoms with Crippen molar-refractivity contribution in [3.63, 3.8) is 0 Å². The van der Waals surface area contributed by atoms with Crippen molar-refractivity contribution in [2.24, 2.45) is 0 Å². The maximum atomic E-state index is 12.9. The molecular formula is C11H12F3NO2. The van der Waals surface area contributed by atoms with Gasteiger partial charge in [-0.3, -0.25) is 4.79 Å². The lowest BCUT2D eigenvalue weighted by Gasteiger charge is -2.17. The molecule has 0 spiro atoms. The van der Waals surface area contributed by atoms with E-state index in [1.54, 1.807) is 0 Å². The third-order valence-corrected chi connectivity index (χ3v) is 2.15. The van der Waals surface area contributed by atoms with Crippen LogP contribution in [-0.2, 0) is 4.79 Å². The Morgan fingerprint density at radius 2 is 2.12 bits per heavy atom. The molecule has 94 valence electrons. The lowest BCUT2D eigenvalue weighted by Crippen LogP contribution is -2.28. The molecule has 0 heterocycles. The van der Waals surface area contributed by atoms with Gasteiger partial charge in [0.25, 0.3) is 6.43 Å². The van der Waals surface area contributed by atoms with Gasteiger partial charge >= 0.3 is 5.97 Å². The fraction of sp³-hybridized carbons (Fsp3) is 0.364. The standard InChI is InChI=1S/C11H12F3NO2/c12-8-3-1-2-7(4-8)9(5-11(16)17)15-6-10(13)14/h1-4,9-10,15H,5-6H2,(H,16,17). The maximum Gasteiger partial charge on any atom is 0.305 e. The first kappa shape index (κ1) is 13.5. The molecule has 0 bridgehead atoms. The van der Waals surface area contributed by atoms with Gasteiger partial charge in [0.15, 0.2) is 0 Å². The number of carboxylic acid groups (broad SMARTS) is 1. The zero-order valence-electron chi connectivity index (χ0n) is 8.87. The van der Waals surface area contributed by atoms with Crippen LogP contribution in [0.15, 0.2) is 24.3 Å². The van der Waals surface area contributed by atoms with E-state index in [9.17, 15) is 18.0 Å². The van der Waals surface area contributed by atoms with Gasteiger partial charge in [-0.15, -0.1) is 0 Å². The molecular weight excluding hydrogens is 235 g/mol. The Morgan fingerprint density at radius 1 is 1.41 bits per heavy atom. The van der Waals surface area contributed by atoms with E-state index in [0.29, 0.717) is 5.56 Å². The van der Waals surface area contributed by atoms with Crippen molar-refractivity contribution in [2.75, 3.05) is 6.54 Å². The van der Waals surface area contributed by atoms with Crippen molar-refractivity contribution >= 4 is 5.97 Å². The smallest absolute Gasteiger partial charge is 0.305 e. The van der Waals surface area contributed by atoms with Crippen LogP contribution in [-0.4, -0.2) is 24.0 Å². The summed E-state index contributed by atoms with van der Waals surface area (Å²) in [5.41, 5.74) is 0.341. The molecule has 0 saturated heterocycles. The van der Waals surface area contributed by atoms with Crippen molar-refractivity contribution in [2.45, 2.75) is 18.9 Å². The van der Waals surface area contributed by atoms with Gasteiger partial charge < -0.3 is 10.4 Å². The van der Waals surface area contributed by atoms with Crippen molar-refractivity contribution < 1.29 is 23.1 Å². The maximum absolute atomic E-state index is 12.9. The number of hydrogen-bond donors (Lipinski definition) is 2. The Balaban J connectivity index is 2.78. The van der Waals surface area contributed by atoms with Crippen LogP contribution in [0.4, 0.5) is 13.2 Å². The molecule has 0 radical (unpaired) electrons. The molecule has 0 amide bonds. The first-order valence-electron chi connectivity index (χ1n) is 4.98. The zero-order chi connectivity index (χ0) is 12.8. The molecule has 0 saturated carbocycles. The van der Waals surface area contributed by atoms with Gasteiger partial charge in [0.2, 0.25) is 0 Å². The Labute approximate surface area is 96.3 Å². The number of nitrogens with one attached hydrogen (secondary N) is 1. The van der Waals surface area contributed by atoms with Gasteiger partial charge in [-0.05, 0) is 17.7 Å². The quantitative estimate of drug-likeness (QED) is 0.810.